The summed E-state index contributed by atoms with van der Waals surface area (Å²) in [5, 5.41) is 8.69. The smallest absolute Gasteiger partial charge is 0.328 e. The van der Waals surface area contributed by atoms with Gasteiger partial charge in [0, 0.05) is 11.6 Å². The first-order valence-corrected chi connectivity index (χ1v) is 7.34. The van der Waals surface area contributed by atoms with E-state index < -0.39 is 5.97 Å². The van der Waals surface area contributed by atoms with Crippen molar-refractivity contribution in [2.75, 3.05) is 7.11 Å². The molecule has 0 radical (unpaired) electrons. The van der Waals surface area contributed by atoms with Crippen molar-refractivity contribution in [3.05, 3.63) is 64.1 Å². The summed E-state index contributed by atoms with van der Waals surface area (Å²) in [6, 6.07) is 13.0. The molecule has 2 aromatic carbocycles. The van der Waals surface area contributed by atoms with Crippen molar-refractivity contribution in [3.8, 4) is 11.5 Å². The SMILES string of the molecule is COc1ccc(/C=C/C(=O)O)cc1COc1ccccc1Br. The lowest BCUT2D eigenvalue weighted by atomic mass is 10.1. The molecule has 0 spiro atoms. The van der Waals surface area contributed by atoms with Crippen molar-refractivity contribution in [1.82, 2.24) is 0 Å². The average Bonchev–Trinajstić information content (AvgIpc) is 2.52. The Bertz CT molecular complexity index is 695. The number of hydrogen-bond donors (Lipinski definition) is 1. The van der Waals surface area contributed by atoms with E-state index in [0.717, 1.165) is 27.4 Å². The summed E-state index contributed by atoms with van der Waals surface area (Å²) in [5.41, 5.74) is 1.61. The van der Waals surface area contributed by atoms with Gasteiger partial charge in [-0.25, -0.2) is 4.79 Å². The second kappa shape index (κ2) is 7.66. The van der Waals surface area contributed by atoms with E-state index in [9.17, 15) is 4.79 Å². The van der Waals surface area contributed by atoms with Crippen molar-refractivity contribution in [2.45, 2.75) is 6.61 Å². The van der Waals surface area contributed by atoms with Gasteiger partial charge in [0.05, 0.1) is 11.6 Å². The van der Waals surface area contributed by atoms with Crippen LogP contribution in [0.5, 0.6) is 11.5 Å². The Balaban J connectivity index is 2.19. The van der Waals surface area contributed by atoms with Crippen LogP contribution in [0.25, 0.3) is 6.08 Å². The monoisotopic (exact) mass is 362 g/mol. The molecule has 0 aliphatic rings. The van der Waals surface area contributed by atoms with Crippen LogP contribution >= 0.6 is 15.9 Å². The summed E-state index contributed by atoms with van der Waals surface area (Å²) in [6.45, 7) is 0.320. The Hall–Kier alpha value is -2.27. The number of ether oxygens (including phenoxy) is 2. The molecule has 4 nitrogen and oxygen atoms in total. The fourth-order valence-electron chi connectivity index (χ4n) is 1.90. The van der Waals surface area contributed by atoms with Crippen LogP contribution in [-0.2, 0) is 11.4 Å². The molecular formula is C17H15BrO4. The van der Waals surface area contributed by atoms with E-state index in [4.69, 9.17) is 14.6 Å². The molecule has 114 valence electrons. The van der Waals surface area contributed by atoms with Gasteiger partial charge in [0.1, 0.15) is 18.1 Å². The van der Waals surface area contributed by atoms with Gasteiger partial charge in [-0.3, -0.25) is 0 Å². The Morgan fingerprint density at radius 2 is 2.00 bits per heavy atom. The van der Waals surface area contributed by atoms with E-state index in [1.54, 1.807) is 19.2 Å². The first-order valence-electron chi connectivity index (χ1n) is 6.55. The third-order valence-electron chi connectivity index (χ3n) is 2.94. The largest absolute Gasteiger partial charge is 0.496 e. The highest BCUT2D eigenvalue weighted by molar-refractivity contribution is 9.10. The molecule has 0 saturated heterocycles. The molecule has 22 heavy (non-hydrogen) atoms. The highest BCUT2D eigenvalue weighted by Crippen LogP contribution is 2.27. The number of hydrogen-bond acceptors (Lipinski definition) is 3. The minimum absolute atomic E-state index is 0.320. The minimum atomic E-state index is -0.984. The molecule has 2 rings (SSSR count). The van der Waals surface area contributed by atoms with Crippen LogP contribution in [0.2, 0.25) is 0 Å². The highest BCUT2D eigenvalue weighted by Gasteiger charge is 2.06. The fraction of sp³-hybridized carbons (Fsp3) is 0.118. The number of carboxylic acid groups (broad SMARTS) is 1. The van der Waals surface area contributed by atoms with Gasteiger partial charge in [0.15, 0.2) is 0 Å². The molecule has 0 bridgehead atoms. The van der Waals surface area contributed by atoms with Crippen LogP contribution < -0.4 is 9.47 Å². The van der Waals surface area contributed by atoms with Crippen LogP contribution in [0, 0.1) is 0 Å². The number of carbonyl (C=O) groups is 1. The van der Waals surface area contributed by atoms with Crippen molar-refractivity contribution in [3.63, 3.8) is 0 Å². The lowest BCUT2D eigenvalue weighted by molar-refractivity contribution is -0.131. The quantitative estimate of drug-likeness (QED) is 0.784. The Morgan fingerprint density at radius 3 is 2.68 bits per heavy atom. The number of rotatable bonds is 6. The lowest BCUT2D eigenvalue weighted by Gasteiger charge is -2.12. The molecule has 0 aromatic heterocycles. The summed E-state index contributed by atoms with van der Waals surface area (Å²) in [6.07, 6.45) is 2.63. The number of aliphatic carboxylic acids is 1. The standard InChI is InChI=1S/C17H15BrO4/c1-21-15-8-6-12(7-9-17(19)20)10-13(15)11-22-16-5-3-2-4-14(16)18/h2-10H,11H2,1H3,(H,19,20)/b9-7+. The van der Waals surface area contributed by atoms with Crippen LogP contribution in [0.4, 0.5) is 0 Å². The van der Waals surface area contributed by atoms with Gasteiger partial charge in [-0.15, -0.1) is 0 Å². The fourth-order valence-corrected chi connectivity index (χ4v) is 2.30. The molecule has 1 N–H and O–H groups in total. The van der Waals surface area contributed by atoms with Crippen LogP contribution in [0.15, 0.2) is 53.0 Å². The maximum absolute atomic E-state index is 10.6. The lowest BCUT2D eigenvalue weighted by Crippen LogP contribution is -2.00. The van der Waals surface area contributed by atoms with Gasteiger partial charge in [0.25, 0.3) is 0 Å². The minimum Gasteiger partial charge on any atom is -0.496 e. The molecular weight excluding hydrogens is 348 g/mol. The third kappa shape index (κ3) is 4.36. The number of carboxylic acids is 1. The van der Waals surface area contributed by atoms with Gasteiger partial charge in [-0.05, 0) is 51.8 Å². The van der Waals surface area contributed by atoms with Gasteiger partial charge < -0.3 is 14.6 Å². The first-order chi connectivity index (χ1) is 10.6. The predicted molar refractivity (Wildman–Crippen MR) is 88.1 cm³/mol. The second-order valence-corrected chi connectivity index (χ2v) is 5.32. The summed E-state index contributed by atoms with van der Waals surface area (Å²) < 4.78 is 12.0. The second-order valence-electron chi connectivity index (χ2n) is 4.46. The zero-order valence-corrected chi connectivity index (χ0v) is 13.5. The molecule has 0 aliphatic heterocycles. The Kier molecular flexibility index (Phi) is 5.61. The Labute approximate surface area is 137 Å². The number of methoxy groups -OCH3 is 1. The zero-order valence-electron chi connectivity index (χ0n) is 12.0. The van der Waals surface area contributed by atoms with E-state index in [2.05, 4.69) is 15.9 Å². The van der Waals surface area contributed by atoms with Gasteiger partial charge in [-0.2, -0.15) is 0 Å². The normalized spacial score (nSPS) is 10.6. The van der Waals surface area contributed by atoms with E-state index in [1.165, 1.54) is 6.08 Å². The van der Waals surface area contributed by atoms with Gasteiger partial charge in [0.2, 0.25) is 0 Å². The highest BCUT2D eigenvalue weighted by atomic mass is 79.9. The molecule has 0 amide bonds. The summed E-state index contributed by atoms with van der Waals surface area (Å²) in [7, 11) is 1.59. The van der Waals surface area contributed by atoms with E-state index in [-0.39, 0.29) is 0 Å². The van der Waals surface area contributed by atoms with Crippen molar-refractivity contribution in [2.24, 2.45) is 0 Å². The number of halogens is 1. The molecule has 0 fully saturated rings. The first kappa shape index (κ1) is 16.1. The third-order valence-corrected chi connectivity index (χ3v) is 3.60. The summed E-state index contributed by atoms with van der Waals surface area (Å²) >= 11 is 3.43. The van der Waals surface area contributed by atoms with E-state index >= 15 is 0 Å². The maximum Gasteiger partial charge on any atom is 0.328 e. The van der Waals surface area contributed by atoms with Gasteiger partial charge >= 0.3 is 5.97 Å². The number of benzene rings is 2. The van der Waals surface area contributed by atoms with Crippen molar-refractivity contribution < 1.29 is 19.4 Å². The van der Waals surface area contributed by atoms with E-state index in [1.807, 2.05) is 30.3 Å². The summed E-state index contributed by atoms with van der Waals surface area (Å²) in [5.74, 6) is 0.442. The van der Waals surface area contributed by atoms with Gasteiger partial charge in [-0.1, -0.05) is 18.2 Å². The molecule has 0 saturated carbocycles. The van der Waals surface area contributed by atoms with Crippen LogP contribution in [-0.4, -0.2) is 18.2 Å². The topological polar surface area (TPSA) is 55.8 Å². The molecule has 0 heterocycles. The zero-order chi connectivity index (χ0) is 15.9. The van der Waals surface area contributed by atoms with Crippen LogP contribution in [0.3, 0.4) is 0 Å². The molecule has 0 aliphatic carbocycles. The van der Waals surface area contributed by atoms with Crippen molar-refractivity contribution in [1.29, 1.82) is 0 Å². The maximum atomic E-state index is 10.6. The predicted octanol–water partition coefficient (Wildman–Crippen LogP) is 4.13. The van der Waals surface area contributed by atoms with Crippen molar-refractivity contribution >= 4 is 28.0 Å². The molecule has 0 atom stereocenters. The summed E-state index contributed by atoms with van der Waals surface area (Å²) in [4.78, 5) is 10.6. The molecule has 5 heteroatoms. The molecule has 0 unspecified atom stereocenters. The van der Waals surface area contributed by atoms with Crippen LogP contribution in [0.1, 0.15) is 11.1 Å². The van der Waals surface area contributed by atoms with E-state index in [0.29, 0.717) is 12.4 Å². The molecule has 2 aromatic rings. The Morgan fingerprint density at radius 1 is 1.23 bits per heavy atom. The average molecular weight is 363 g/mol. The number of para-hydroxylation sites is 1.